The molecule has 1 unspecified atom stereocenters. The van der Waals surface area contributed by atoms with Gasteiger partial charge in [-0.25, -0.2) is 0 Å². The van der Waals surface area contributed by atoms with Crippen LogP contribution in [0.25, 0.3) is 0 Å². The van der Waals surface area contributed by atoms with E-state index in [2.05, 4.69) is 49.4 Å². The van der Waals surface area contributed by atoms with Crippen LogP contribution in [0, 0.1) is 0 Å². The molecule has 0 fully saturated rings. The molecule has 2 aromatic carbocycles. The molecule has 160 valence electrons. The van der Waals surface area contributed by atoms with Crippen molar-refractivity contribution in [3.63, 3.8) is 0 Å². The lowest BCUT2D eigenvalue weighted by molar-refractivity contribution is -0.137. The number of fused-ring (bicyclic) bond motifs is 2. The lowest BCUT2D eigenvalue weighted by Gasteiger charge is -2.24. The maximum atomic E-state index is 10.8. The molecular weight excluding hydrogens is 356 g/mol. The lowest BCUT2D eigenvalue weighted by atomic mass is 9.80. The van der Waals surface area contributed by atoms with Crippen LogP contribution >= 0.6 is 0 Å². The van der Waals surface area contributed by atoms with Crippen LogP contribution in [-0.2, 0) is 30.5 Å². The van der Waals surface area contributed by atoms with E-state index in [1.165, 1.54) is 36.0 Å². The van der Waals surface area contributed by atoms with Gasteiger partial charge >= 0.3 is 5.97 Å². The van der Waals surface area contributed by atoms with Gasteiger partial charge in [0.25, 0.3) is 0 Å². The summed E-state index contributed by atoms with van der Waals surface area (Å²) in [5.41, 5.74) is 7.13. The average Bonchev–Trinajstić information content (AvgIpc) is 3.25. The van der Waals surface area contributed by atoms with Gasteiger partial charge in [-0.05, 0) is 78.7 Å². The largest absolute Gasteiger partial charge is 0.481 e. The molecule has 4 rings (SSSR count). The zero-order valence-corrected chi connectivity index (χ0v) is 19.1. The number of rotatable bonds is 3. The molecule has 0 aliphatic heterocycles. The van der Waals surface area contributed by atoms with Crippen molar-refractivity contribution < 1.29 is 9.90 Å². The van der Waals surface area contributed by atoms with Gasteiger partial charge < -0.3 is 5.11 Å². The summed E-state index contributed by atoms with van der Waals surface area (Å²) in [4.78, 5) is 10.8. The van der Waals surface area contributed by atoms with Crippen LogP contribution in [0.3, 0.4) is 0 Å². The molecule has 2 nitrogen and oxygen atoms in total. The second-order valence-electron chi connectivity index (χ2n) is 7.20. The third-order valence-corrected chi connectivity index (χ3v) is 5.49. The molecule has 0 heterocycles. The van der Waals surface area contributed by atoms with Gasteiger partial charge in [0.2, 0.25) is 0 Å². The highest BCUT2D eigenvalue weighted by atomic mass is 16.4. The zero-order chi connectivity index (χ0) is 21.6. The number of hydrogen-bond donors (Lipinski definition) is 1. The van der Waals surface area contributed by atoms with Gasteiger partial charge in [0.05, 0.1) is 6.42 Å². The topological polar surface area (TPSA) is 37.3 Å². The number of benzene rings is 2. The first-order valence-electron chi connectivity index (χ1n) is 11.6. The van der Waals surface area contributed by atoms with E-state index in [0.717, 1.165) is 25.7 Å². The third kappa shape index (κ3) is 7.68. The Kier molecular flexibility index (Phi) is 12.0. The monoisotopic (exact) mass is 396 g/mol. The van der Waals surface area contributed by atoms with Crippen LogP contribution in [-0.4, -0.2) is 11.1 Å². The number of aryl methyl sites for hydroxylation is 4. The molecule has 0 aromatic heterocycles. The molecule has 2 aliphatic carbocycles. The van der Waals surface area contributed by atoms with Crippen molar-refractivity contribution in [1.29, 1.82) is 0 Å². The van der Waals surface area contributed by atoms with E-state index in [1.807, 2.05) is 27.7 Å². The fraction of sp³-hybridized carbons (Fsp3) is 0.519. The first kappa shape index (κ1) is 24.9. The van der Waals surface area contributed by atoms with Crippen molar-refractivity contribution in [3.05, 3.63) is 70.3 Å². The number of carbonyl (C=O) groups is 1. The fourth-order valence-corrected chi connectivity index (χ4v) is 4.13. The Morgan fingerprint density at radius 1 is 0.897 bits per heavy atom. The molecule has 1 N–H and O–H groups in total. The number of hydrogen-bond acceptors (Lipinski definition) is 1. The standard InChI is InChI=1S/C14H18O2.C9H10.2C2H6/c1-2-10-6-7-13-11(8-10)4-3-5-12(13)9-14(15)16;1-2-5-9-7-3-6-8(9)4-1;2*1-2/h6-8,12H,2-5,9H2,1H3,(H,15,16);1-2,4-5H,3,6-7H2;2*1-2H3. The van der Waals surface area contributed by atoms with Gasteiger partial charge in [0.15, 0.2) is 0 Å². The van der Waals surface area contributed by atoms with Crippen LogP contribution < -0.4 is 0 Å². The van der Waals surface area contributed by atoms with Gasteiger partial charge in [0, 0.05) is 0 Å². The Hall–Kier alpha value is -2.09. The van der Waals surface area contributed by atoms with E-state index in [-0.39, 0.29) is 12.3 Å². The maximum absolute atomic E-state index is 10.8. The molecule has 29 heavy (non-hydrogen) atoms. The Morgan fingerprint density at radius 2 is 1.48 bits per heavy atom. The van der Waals surface area contributed by atoms with Crippen LogP contribution in [0.15, 0.2) is 42.5 Å². The molecule has 0 radical (unpaired) electrons. The quantitative estimate of drug-likeness (QED) is 0.588. The smallest absolute Gasteiger partial charge is 0.303 e. The predicted octanol–water partition coefficient (Wildman–Crippen LogP) is 7.37. The van der Waals surface area contributed by atoms with Crippen molar-refractivity contribution >= 4 is 5.97 Å². The summed E-state index contributed by atoms with van der Waals surface area (Å²) >= 11 is 0. The van der Waals surface area contributed by atoms with E-state index >= 15 is 0 Å². The lowest BCUT2D eigenvalue weighted by Crippen LogP contribution is -2.13. The van der Waals surface area contributed by atoms with Gasteiger partial charge in [-0.15, -0.1) is 0 Å². The van der Waals surface area contributed by atoms with Crippen molar-refractivity contribution in [1.82, 2.24) is 0 Å². The highest BCUT2D eigenvalue weighted by molar-refractivity contribution is 5.68. The summed E-state index contributed by atoms with van der Waals surface area (Å²) in [5, 5.41) is 8.89. The van der Waals surface area contributed by atoms with Gasteiger partial charge in [-0.2, -0.15) is 0 Å². The van der Waals surface area contributed by atoms with Crippen molar-refractivity contribution in [2.75, 3.05) is 0 Å². The number of carboxylic acid groups (broad SMARTS) is 1. The van der Waals surface area contributed by atoms with Crippen molar-refractivity contribution in [2.24, 2.45) is 0 Å². The molecule has 2 aromatic rings. The number of aliphatic carboxylic acids is 1. The summed E-state index contributed by atoms with van der Waals surface area (Å²) in [6.07, 6.45) is 8.54. The molecule has 0 spiro atoms. The van der Waals surface area contributed by atoms with Crippen molar-refractivity contribution in [2.45, 2.75) is 91.9 Å². The first-order valence-corrected chi connectivity index (χ1v) is 11.6. The second-order valence-corrected chi connectivity index (χ2v) is 7.20. The van der Waals surface area contributed by atoms with Crippen LogP contribution in [0.2, 0.25) is 0 Å². The minimum atomic E-state index is -0.683. The second kappa shape index (κ2) is 14.0. The van der Waals surface area contributed by atoms with Crippen molar-refractivity contribution in [3.8, 4) is 0 Å². The third-order valence-electron chi connectivity index (χ3n) is 5.49. The molecule has 0 bridgehead atoms. The molecular formula is C27H40O2. The molecule has 0 amide bonds. The SMILES string of the molecule is CC.CC.CCc1ccc2c(c1)CCCC2CC(=O)O.c1ccc2c(c1)CCC2. The molecule has 0 saturated heterocycles. The maximum Gasteiger partial charge on any atom is 0.303 e. The van der Waals surface area contributed by atoms with Crippen LogP contribution in [0.4, 0.5) is 0 Å². The molecule has 1 atom stereocenters. The van der Waals surface area contributed by atoms with E-state index in [4.69, 9.17) is 5.11 Å². The normalized spacial score (nSPS) is 15.8. The highest BCUT2D eigenvalue weighted by Gasteiger charge is 2.22. The summed E-state index contributed by atoms with van der Waals surface area (Å²) in [7, 11) is 0. The highest BCUT2D eigenvalue weighted by Crippen LogP contribution is 2.34. The van der Waals surface area contributed by atoms with E-state index in [0.29, 0.717) is 0 Å². The van der Waals surface area contributed by atoms with E-state index in [1.54, 1.807) is 11.1 Å². The van der Waals surface area contributed by atoms with Gasteiger partial charge in [0.1, 0.15) is 0 Å². The summed E-state index contributed by atoms with van der Waals surface area (Å²) in [5.74, 6) is -0.454. The predicted molar refractivity (Wildman–Crippen MR) is 125 cm³/mol. The summed E-state index contributed by atoms with van der Waals surface area (Å²) < 4.78 is 0. The molecule has 0 saturated carbocycles. The van der Waals surface area contributed by atoms with E-state index in [9.17, 15) is 4.79 Å². The first-order chi connectivity index (χ1) is 14.2. The van der Waals surface area contributed by atoms with Gasteiger partial charge in [-0.1, -0.05) is 77.1 Å². The minimum absolute atomic E-state index is 0.229. The average molecular weight is 397 g/mol. The Bertz CT molecular complexity index is 710. The fourth-order valence-electron chi connectivity index (χ4n) is 4.13. The Labute approximate surface area is 178 Å². The van der Waals surface area contributed by atoms with Gasteiger partial charge in [-0.3, -0.25) is 4.79 Å². The number of carboxylic acids is 1. The molecule has 2 aliphatic rings. The zero-order valence-electron chi connectivity index (χ0n) is 19.1. The Morgan fingerprint density at radius 3 is 2.03 bits per heavy atom. The van der Waals surface area contributed by atoms with Crippen LogP contribution in [0.5, 0.6) is 0 Å². The Balaban J connectivity index is 0.000000273. The summed E-state index contributed by atoms with van der Waals surface area (Å²) in [6, 6.07) is 15.3. The minimum Gasteiger partial charge on any atom is -0.481 e. The van der Waals surface area contributed by atoms with Crippen LogP contribution in [0.1, 0.15) is 94.0 Å². The van der Waals surface area contributed by atoms with E-state index < -0.39 is 5.97 Å². The molecule has 2 heteroatoms. The summed E-state index contributed by atoms with van der Waals surface area (Å²) in [6.45, 7) is 10.2.